The van der Waals surface area contributed by atoms with E-state index in [0.717, 1.165) is 162 Å². The number of aliphatic hydroxyl groups is 1. The smallest absolute Gasteiger partial charge is 0.319 e. The highest BCUT2D eigenvalue weighted by atomic mass is 16.5. The van der Waals surface area contributed by atoms with Crippen LogP contribution in [0.4, 0.5) is 34.5 Å². The van der Waals surface area contributed by atoms with Gasteiger partial charge in [0, 0.05) is 193 Å². The van der Waals surface area contributed by atoms with Gasteiger partial charge in [0.05, 0.1) is 36.8 Å². The van der Waals surface area contributed by atoms with Crippen molar-refractivity contribution in [3.05, 3.63) is 180 Å². The number of β-amino-alcohol motifs (C(OH)–C–C–N with tert-alkyl or cyclic N) is 1. The minimum Gasteiger partial charge on any atom is -0.508 e. The van der Waals surface area contributed by atoms with Crippen molar-refractivity contribution in [2.75, 3.05) is 221 Å². The number of amides is 4. The Balaban J connectivity index is 0.000000146. The number of likely N-dealkylation sites (tertiary alicyclic amines) is 2. The van der Waals surface area contributed by atoms with E-state index < -0.39 is 6.10 Å². The summed E-state index contributed by atoms with van der Waals surface area (Å²) in [6, 6.07) is 35.4. The molecular weight excluding hydrogens is 1600 g/mol. The van der Waals surface area contributed by atoms with Crippen molar-refractivity contribution in [3.8, 4) is 35.3 Å². The van der Waals surface area contributed by atoms with Crippen LogP contribution in [0.25, 0.3) is 32.3 Å². The maximum Gasteiger partial charge on any atom is 0.319 e. The summed E-state index contributed by atoms with van der Waals surface area (Å²) in [5.74, 6) is 2.71. The number of piperazine rings is 3. The topological polar surface area (TPSA) is 296 Å². The molecule has 6 aromatic carbocycles. The minimum absolute atomic E-state index is 0.0525. The van der Waals surface area contributed by atoms with Gasteiger partial charge >= 0.3 is 18.0 Å². The number of phenols is 3. The lowest BCUT2D eigenvalue weighted by atomic mass is 10.0. The molecule has 0 aliphatic carbocycles. The Morgan fingerprint density at radius 2 is 0.913 bits per heavy atom. The Hall–Kier alpha value is -12.0. The van der Waals surface area contributed by atoms with Gasteiger partial charge in [-0.15, -0.1) is 0 Å². The van der Waals surface area contributed by atoms with Crippen LogP contribution in [0, 0.1) is 0 Å². The van der Waals surface area contributed by atoms with Gasteiger partial charge in [-0.25, -0.2) is 0 Å². The number of aromatic hydroxyl groups is 3. The monoisotopic (exact) mass is 1720 g/mol. The van der Waals surface area contributed by atoms with Crippen molar-refractivity contribution in [1.29, 1.82) is 0 Å². The molecule has 30 nitrogen and oxygen atoms in total. The third kappa shape index (κ3) is 21.7. The summed E-state index contributed by atoms with van der Waals surface area (Å²) in [6.07, 6.45) is 15.9. The number of nitrogens with zero attached hydrogens (tertiary/aromatic N) is 19. The van der Waals surface area contributed by atoms with Crippen LogP contribution in [0.2, 0.25) is 0 Å². The van der Waals surface area contributed by atoms with E-state index in [9.17, 15) is 39.6 Å². The third-order valence-electron chi connectivity index (χ3n) is 24.8. The van der Waals surface area contributed by atoms with E-state index in [2.05, 4.69) is 69.5 Å². The first-order valence-electron chi connectivity index (χ1n) is 44.7. The summed E-state index contributed by atoms with van der Waals surface area (Å²) in [7, 11) is 8.01. The van der Waals surface area contributed by atoms with Crippen molar-refractivity contribution < 1.29 is 53.8 Å². The van der Waals surface area contributed by atoms with Gasteiger partial charge in [-0.3, -0.25) is 19.2 Å². The third-order valence-corrected chi connectivity index (χ3v) is 24.8. The van der Waals surface area contributed by atoms with Gasteiger partial charge in [-0.2, -0.15) is 29.9 Å². The Morgan fingerprint density at radius 1 is 0.476 bits per heavy atom. The Morgan fingerprint density at radius 3 is 1.40 bits per heavy atom. The van der Waals surface area contributed by atoms with Crippen LogP contribution in [-0.4, -0.2) is 312 Å². The number of carbonyl (C=O) groups is 4. The molecule has 4 amide bonds. The summed E-state index contributed by atoms with van der Waals surface area (Å²) < 4.78 is 18.4. The van der Waals surface area contributed by atoms with E-state index in [1.807, 2.05) is 124 Å². The summed E-state index contributed by atoms with van der Waals surface area (Å²) in [5, 5.41) is 48.1. The van der Waals surface area contributed by atoms with Crippen molar-refractivity contribution in [2.24, 2.45) is 0 Å². The van der Waals surface area contributed by atoms with Gasteiger partial charge in [-0.05, 0) is 159 Å². The molecule has 0 spiro atoms. The molecule has 2 atom stereocenters. The molecule has 30 heteroatoms. The number of benzene rings is 6. The molecule has 8 aliphatic heterocycles. The van der Waals surface area contributed by atoms with Gasteiger partial charge < -0.3 is 98.3 Å². The lowest BCUT2D eigenvalue weighted by Gasteiger charge is -2.38. The van der Waals surface area contributed by atoms with Crippen molar-refractivity contribution >= 4 is 90.5 Å². The van der Waals surface area contributed by atoms with Gasteiger partial charge in [0.1, 0.15) is 59.2 Å². The number of piperidine rings is 2. The molecule has 4 N–H and O–H groups in total. The number of rotatable bonds is 25. The van der Waals surface area contributed by atoms with Gasteiger partial charge in [0.2, 0.25) is 17.7 Å². The number of hydrogen-bond donors (Lipinski definition) is 4. The van der Waals surface area contributed by atoms with Crippen LogP contribution in [0.3, 0.4) is 0 Å². The zero-order chi connectivity index (χ0) is 87.9. The predicted molar refractivity (Wildman–Crippen MR) is 493 cm³/mol. The average molecular weight is 1720 g/mol. The molecule has 8 aliphatic rings. The molecule has 3 aromatic heterocycles. The van der Waals surface area contributed by atoms with Crippen LogP contribution in [0.15, 0.2) is 147 Å². The van der Waals surface area contributed by atoms with E-state index in [0.29, 0.717) is 141 Å². The molecule has 666 valence electrons. The molecule has 1 unspecified atom stereocenters. The molecule has 9 aromatic rings. The maximum atomic E-state index is 14.1. The molecule has 0 radical (unpaired) electrons. The fraction of sp³-hybridized carbons (Fsp3) is 0.458. The van der Waals surface area contributed by atoms with Crippen molar-refractivity contribution in [3.63, 3.8) is 0 Å². The number of carbonyl (C=O) groups excluding carboxylic acids is 4. The molecule has 0 bridgehead atoms. The number of aromatic nitrogens is 6. The second-order valence-corrected chi connectivity index (χ2v) is 34.4. The zero-order valence-corrected chi connectivity index (χ0v) is 73.6. The lowest BCUT2D eigenvalue weighted by Crippen LogP contribution is -2.49. The first-order valence-corrected chi connectivity index (χ1v) is 44.7. The van der Waals surface area contributed by atoms with E-state index in [1.165, 1.54) is 50.7 Å². The van der Waals surface area contributed by atoms with Gasteiger partial charge in [0.15, 0.2) is 0 Å². The molecule has 0 saturated carbocycles. The first-order chi connectivity index (χ1) is 61.2. The fourth-order valence-electron chi connectivity index (χ4n) is 18.4. The van der Waals surface area contributed by atoms with E-state index in [1.54, 1.807) is 45.0 Å². The van der Waals surface area contributed by atoms with E-state index in [4.69, 9.17) is 39.1 Å². The largest absolute Gasteiger partial charge is 0.508 e. The second-order valence-electron chi connectivity index (χ2n) is 34.4. The predicted octanol–water partition coefficient (Wildman–Crippen LogP) is 9.58. The van der Waals surface area contributed by atoms with Crippen molar-refractivity contribution in [2.45, 2.75) is 96.4 Å². The van der Waals surface area contributed by atoms with E-state index in [-0.39, 0.29) is 65.6 Å². The highest BCUT2D eigenvalue weighted by Gasteiger charge is 2.37. The lowest BCUT2D eigenvalue weighted by molar-refractivity contribution is -0.127. The average Bonchev–Trinajstić information content (AvgIpc) is 0.755. The molecule has 11 heterocycles. The Bertz CT molecular complexity index is 5390. The van der Waals surface area contributed by atoms with Gasteiger partial charge in [0.25, 0.3) is 5.91 Å². The summed E-state index contributed by atoms with van der Waals surface area (Å²) >= 11 is 0. The minimum atomic E-state index is -0.630. The second kappa shape index (κ2) is 41.4. The quantitative estimate of drug-likeness (QED) is 0.0306. The number of fused-ring (bicyclic) bond motifs is 6. The van der Waals surface area contributed by atoms with Crippen LogP contribution < -0.4 is 43.6 Å². The molecular formula is C96H121N19O11. The molecule has 126 heavy (non-hydrogen) atoms. The van der Waals surface area contributed by atoms with Crippen LogP contribution in [0.1, 0.15) is 90.4 Å². The Labute approximate surface area is 738 Å². The van der Waals surface area contributed by atoms with E-state index >= 15 is 0 Å². The fourth-order valence-corrected chi connectivity index (χ4v) is 18.4. The maximum absolute atomic E-state index is 14.1. The molecule has 5 fully saturated rings. The number of hydrogen-bond acceptors (Lipinski definition) is 26. The first kappa shape index (κ1) is 88.9. The Kier molecular flexibility index (Phi) is 29.2. The number of aliphatic hydroxyl groups excluding tert-OH is 1. The van der Waals surface area contributed by atoms with Crippen LogP contribution in [-0.2, 0) is 46.7 Å². The number of likely N-dealkylation sites (N-methyl/N-ethyl adjacent to an activating group) is 2. The number of phenolic OH excluding ortho intramolecular Hbond substituents is 3. The highest BCUT2D eigenvalue weighted by Crippen LogP contribution is 2.42. The van der Waals surface area contributed by atoms with Gasteiger partial charge in [-0.1, -0.05) is 105 Å². The number of ether oxygens (including phenoxy) is 3. The molecule has 17 rings (SSSR count). The molecule has 5 saturated heterocycles. The van der Waals surface area contributed by atoms with Crippen molar-refractivity contribution in [1.82, 2.24) is 64.2 Å². The standard InChI is InChI=1S/C32H43N7O3.C32H38N6O4.C32H40N6O4/c1-23(21-36(4)5)42-32-33-28-22-39(29-20-25(40)19-24-9-6-7-10-26(24)29)14-12-27(28)31(34-32)38-17-15-37(16-18-38)30(41)11-8-13-35(2)3;1-2-28(40)36-16-18-37(19-17-36)30-26-11-15-38(27-22-24(39)21-23-9-4-5-10-25(23)27)31(41)29(26)33-32(34-30)42-20-8-14-35-12-6-3-7-13-35;1-2-30(41)36-14-16-37(17-15-36)31-27-10-13-38(29-19-24(39)18-23-8-4-5-9-26(23)29)21-28(27)33-32(34-31)42-22-25(40)20-35-11-6-3-7-12-35/h6-11,19-20,23,40H,12-18,21-22H2,1-5H3;2,4-5,9-10,21-22,39H,1,3,6-8,11-20H2;2,4-5,8-9,18-19,25,39-40H,1,3,6-7,10-17,20-22H2/b11-8+;;/t23-;;/m1../s1. The normalized spacial score (nSPS) is 17.6. The summed E-state index contributed by atoms with van der Waals surface area (Å²) in [6.45, 7) is 27.7. The van der Waals surface area contributed by atoms with Crippen LogP contribution in [0.5, 0.6) is 35.3 Å². The zero-order valence-electron chi connectivity index (χ0n) is 73.6. The highest BCUT2D eigenvalue weighted by molar-refractivity contribution is 6.12. The summed E-state index contributed by atoms with van der Waals surface area (Å²) in [4.78, 5) is 107. The van der Waals surface area contributed by atoms with Crippen LogP contribution >= 0.6 is 0 Å². The number of anilines is 6. The SMILES string of the molecule is C=CC(=O)N1CCN(c2nc(OCC(O)CN3CCCCC3)nc3c2CCN(c2cc(O)cc4ccccc24)C3)CC1.C=CC(=O)N1CCN(c2nc(OCCCN3CCCCC3)nc3c2CCN(c2cc(O)cc4ccccc24)C3=O)CC1.C[C@H](CN(C)C)Oc1nc2c(c(N3CCN(C(=O)/C=C/CN(C)C)CC3)n1)CCN(c1cc(O)cc3ccccc13)C2. The summed E-state index contributed by atoms with van der Waals surface area (Å²) in [5.41, 5.74) is 7.77.